The molecule has 1 heterocycles. The highest BCUT2D eigenvalue weighted by molar-refractivity contribution is 8.18. The predicted molar refractivity (Wildman–Crippen MR) is 94.7 cm³/mol. The number of phenols is 1. The number of rotatable bonds is 3. The van der Waals surface area contributed by atoms with E-state index < -0.39 is 0 Å². The molecule has 1 saturated heterocycles. The quantitative estimate of drug-likeness (QED) is 0.843. The molecule has 4 nitrogen and oxygen atoms in total. The number of para-hydroxylation sites is 1. The summed E-state index contributed by atoms with van der Waals surface area (Å²) >= 11 is 1.27. The Balaban J connectivity index is 1.81. The third-order valence-electron chi connectivity index (χ3n) is 3.45. The molecule has 0 aliphatic carbocycles. The summed E-state index contributed by atoms with van der Waals surface area (Å²) in [4.78, 5) is 17.0. The molecular formula is C18H16N2O2S. The molecule has 5 heteroatoms. The van der Waals surface area contributed by atoms with E-state index in [-0.39, 0.29) is 11.7 Å². The zero-order valence-corrected chi connectivity index (χ0v) is 13.4. The van der Waals surface area contributed by atoms with Crippen LogP contribution in [0.25, 0.3) is 6.08 Å². The summed E-state index contributed by atoms with van der Waals surface area (Å²) in [5.74, 6) is -0.0591. The van der Waals surface area contributed by atoms with E-state index in [0.717, 1.165) is 12.1 Å². The van der Waals surface area contributed by atoms with Gasteiger partial charge in [0, 0.05) is 5.56 Å². The Morgan fingerprint density at radius 3 is 2.61 bits per heavy atom. The van der Waals surface area contributed by atoms with E-state index in [1.165, 1.54) is 17.3 Å². The Hall–Kier alpha value is -2.53. The highest BCUT2D eigenvalue weighted by Gasteiger charge is 2.24. The number of thioether (sulfide) groups is 1. The van der Waals surface area contributed by atoms with Gasteiger partial charge in [-0.15, -0.1) is 0 Å². The molecule has 1 amide bonds. The minimum absolute atomic E-state index is 0.147. The summed E-state index contributed by atoms with van der Waals surface area (Å²) in [6.07, 6.45) is 2.65. The second-order valence-corrected chi connectivity index (χ2v) is 6.09. The number of amides is 1. The van der Waals surface area contributed by atoms with E-state index in [1.807, 2.05) is 30.3 Å². The molecule has 2 aromatic carbocycles. The summed E-state index contributed by atoms with van der Waals surface area (Å²) in [6.45, 7) is 2.10. The Kier molecular flexibility index (Phi) is 4.48. The van der Waals surface area contributed by atoms with Crippen LogP contribution in [0.1, 0.15) is 18.1 Å². The maximum absolute atomic E-state index is 12.0. The summed E-state index contributed by atoms with van der Waals surface area (Å²) in [6, 6.07) is 14.8. The van der Waals surface area contributed by atoms with Gasteiger partial charge in [-0.2, -0.15) is 0 Å². The number of carbonyl (C=O) groups is 1. The molecular weight excluding hydrogens is 308 g/mol. The Morgan fingerprint density at radius 1 is 1.17 bits per heavy atom. The molecule has 0 spiro atoms. The van der Waals surface area contributed by atoms with Crippen LogP contribution < -0.4 is 5.32 Å². The van der Waals surface area contributed by atoms with Gasteiger partial charge in [0.1, 0.15) is 5.75 Å². The predicted octanol–water partition coefficient (Wildman–Crippen LogP) is 3.85. The zero-order valence-electron chi connectivity index (χ0n) is 12.6. The number of hydrogen-bond acceptors (Lipinski definition) is 4. The van der Waals surface area contributed by atoms with Gasteiger partial charge in [0.05, 0.1) is 10.6 Å². The van der Waals surface area contributed by atoms with E-state index in [1.54, 1.807) is 24.3 Å². The largest absolute Gasteiger partial charge is 0.507 e. The van der Waals surface area contributed by atoms with Crippen LogP contribution in [-0.2, 0) is 11.2 Å². The van der Waals surface area contributed by atoms with E-state index in [2.05, 4.69) is 17.2 Å². The van der Waals surface area contributed by atoms with Gasteiger partial charge in [-0.3, -0.25) is 4.79 Å². The number of phenolic OH excluding ortho intramolecular Hbond substituents is 1. The van der Waals surface area contributed by atoms with Crippen LogP contribution >= 0.6 is 11.8 Å². The van der Waals surface area contributed by atoms with Gasteiger partial charge in [-0.1, -0.05) is 37.3 Å². The normalized spacial score (nSPS) is 17.7. The van der Waals surface area contributed by atoms with Gasteiger partial charge in [-0.25, -0.2) is 4.99 Å². The van der Waals surface area contributed by atoms with Crippen molar-refractivity contribution in [2.75, 3.05) is 0 Å². The number of carbonyl (C=O) groups excluding carboxylic acids is 1. The SMILES string of the molecule is CCc1ccc(N=C2NC(=O)/C(=C/c3ccccc3O)S2)cc1. The molecule has 1 aliphatic rings. The van der Waals surface area contributed by atoms with Crippen LogP contribution in [0.4, 0.5) is 5.69 Å². The van der Waals surface area contributed by atoms with Gasteiger partial charge in [0.25, 0.3) is 5.91 Å². The number of nitrogens with zero attached hydrogens (tertiary/aromatic N) is 1. The summed E-state index contributed by atoms with van der Waals surface area (Å²) < 4.78 is 0. The van der Waals surface area contributed by atoms with Crippen LogP contribution in [0.15, 0.2) is 58.4 Å². The van der Waals surface area contributed by atoms with Gasteiger partial charge in [0.2, 0.25) is 0 Å². The number of aromatic hydroxyl groups is 1. The average molecular weight is 324 g/mol. The number of aliphatic imine (C=N–C) groups is 1. The second kappa shape index (κ2) is 6.71. The minimum Gasteiger partial charge on any atom is -0.507 e. The van der Waals surface area contributed by atoms with Crippen LogP contribution in [0.5, 0.6) is 5.75 Å². The fourth-order valence-corrected chi connectivity index (χ4v) is 2.99. The van der Waals surface area contributed by atoms with E-state index >= 15 is 0 Å². The molecule has 2 N–H and O–H groups in total. The third-order valence-corrected chi connectivity index (χ3v) is 4.36. The zero-order chi connectivity index (χ0) is 16.2. The van der Waals surface area contributed by atoms with Crippen molar-refractivity contribution in [2.45, 2.75) is 13.3 Å². The van der Waals surface area contributed by atoms with Gasteiger partial charge >= 0.3 is 0 Å². The molecule has 116 valence electrons. The number of amidine groups is 1. The fraction of sp³-hybridized carbons (Fsp3) is 0.111. The molecule has 1 fully saturated rings. The molecule has 0 aromatic heterocycles. The maximum atomic E-state index is 12.0. The van der Waals surface area contributed by atoms with Crippen molar-refractivity contribution >= 4 is 34.6 Å². The fourth-order valence-electron chi connectivity index (χ4n) is 2.15. The van der Waals surface area contributed by atoms with Crippen LogP contribution in [0.3, 0.4) is 0 Å². The highest BCUT2D eigenvalue weighted by atomic mass is 32.2. The Morgan fingerprint density at radius 2 is 1.91 bits per heavy atom. The van der Waals surface area contributed by atoms with E-state index in [4.69, 9.17) is 0 Å². The lowest BCUT2D eigenvalue weighted by molar-refractivity contribution is -0.115. The van der Waals surface area contributed by atoms with Crippen LogP contribution in [-0.4, -0.2) is 16.2 Å². The number of aryl methyl sites for hydroxylation is 1. The summed E-state index contributed by atoms with van der Waals surface area (Å²) in [5.41, 5.74) is 2.66. The van der Waals surface area contributed by atoms with Crippen LogP contribution in [0.2, 0.25) is 0 Å². The third kappa shape index (κ3) is 3.63. The van der Waals surface area contributed by atoms with Gasteiger partial charge in [0.15, 0.2) is 5.17 Å². The molecule has 1 aliphatic heterocycles. The van der Waals surface area contributed by atoms with Crippen LogP contribution in [0, 0.1) is 0 Å². The first-order valence-corrected chi connectivity index (χ1v) is 8.14. The topological polar surface area (TPSA) is 61.7 Å². The first-order valence-electron chi connectivity index (χ1n) is 7.32. The Labute approximate surface area is 139 Å². The molecule has 0 saturated carbocycles. The number of hydrogen-bond donors (Lipinski definition) is 2. The lowest BCUT2D eigenvalue weighted by Crippen LogP contribution is -2.19. The molecule has 0 bridgehead atoms. The van der Waals surface area contributed by atoms with Crippen molar-refractivity contribution < 1.29 is 9.90 Å². The molecule has 3 rings (SSSR count). The lowest BCUT2D eigenvalue weighted by Gasteiger charge is -1.99. The van der Waals surface area contributed by atoms with Crippen molar-refractivity contribution in [3.8, 4) is 5.75 Å². The first kappa shape index (κ1) is 15.4. The van der Waals surface area contributed by atoms with Crippen molar-refractivity contribution in [1.82, 2.24) is 5.32 Å². The summed E-state index contributed by atoms with van der Waals surface area (Å²) in [7, 11) is 0. The molecule has 0 radical (unpaired) electrons. The summed E-state index contributed by atoms with van der Waals surface area (Å²) in [5, 5.41) is 13.1. The van der Waals surface area contributed by atoms with Gasteiger partial charge in [-0.05, 0) is 48.0 Å². The minimum atomic E-state index is -0.206. The van der Waals surface area contributed by atoms with Crippen molar-refractivity contribution in [3.05, 3.63) is 64.6 Å². The number of benzene rings is 2. The number of nitrogens with one attached hydrogen (secondary N) is 1. The standard InChI is InChI=1S/C18H16N2O2S/c1-2-12-7-9-14(10-8-12)19-18-20-17(22)16(23-18)11-13-5-3-4-6-15(13)21/h3-11,21H,2H2,1H3,(H,19,20,22)/b16-11-. The molecule has 23 heavy (non-hydrogen) atoms. The first-order chi connectivity index (χ1) is 11.2. The van der Waals surface area contributed by atoms with Crippen molar-refractivity contribution in [1.29, 1.82) is 0 Å². The van der Waals surface area contributed by atoms with Crippen molar-refractivity contribution in [3.63, 3.8) is 0 Å². The molecule has 0 atom stereocenters. The average Bonchev–Trinajstić information content (AvgIpc) is 2.90. The maximum Gasteiger partial charge on any atom is 0.264 e. The molecule has 2 aromatic rings. The Bertz CT molecular complexity index is 795. The van der Waals surface area contributed by atoms with Crippen molar-refractivity contribution in [2.24, 2.45) is 4.99 Å². The lowest BCUT2D eigenvalue weighted by atomic mass is 10.2. The smallest absolute Gasteiger partial charge is 0.264 e. The van der Waals surface area contributed by atoms with E-state index in [0.29, 0.717) is 15.6 Å². The monoisotopic (exact) mass is 324 g/mol. The van der Waals surface area contributed by atoms with Gasteiger partial charge < -0.3 is 10.4 Å². The van der Waals surface area contributed by atoms with E-state index in [9.17, 15) is 9.90 Å². The second-order valence-electron chi connectivity index (χ2n) is 5.06. The molecule has 0 unspecified atom stereocenters. The highest BCUT2D eigenvalue weighted by Crippen LogP contribution is 2.30.